The highest BCUT2D eigenvalue weighted by Crippen LogP contribution is 2.45. The van der Waals surface area contributed by atoms with Crippen LogP contribution in [0.2, 0.25) is 0 Å². The molecule has 1 fully saturated rings. The maximum atomic E-state index is 6.33. The van der Waals surface area contributed by atoms with Gasteiger partial charge in [0, 0.05) is 61.1 Å². The molecule has 0 radical (unpaired) electrons. The fraction of sp³-hybridized carbons (Fsp3) is 0.462. The predicted octanol–water partition coefficient (Wildman–Crippen LogP) is 3.95. The molecule has 1 saturated heterocycles. The lowest BCUT2D eigenvalue weighted by Gasteiger charge is -2.32. The van der Waals surface area contributed by atoms with Crippen LogP contribution in [0.15, 0.2) is 36.1 Å². The normalized spacial score (nSPS) is 17.0. The van der Waals surface area contributed by atoms with Gasteiger partial charge < -0.3 is 23.8 Å². The number of piperazine rings is 1. The number of benzene rings is 2. The second kappa shape index (κ2) is 9.84. The van der Waals surface area contributed by atoms with Crippen molar-refractivity contribution in [1.29, 1.82) is 0 Å². The first-order valence-electron chi connectivity index (χ1n) is 11.2. The summed E-state index contributed by atoms with van der Waals surface area (Å²) < 4.78 is 23.8. The molecule has 2 aliphatic heterocycles. The van der Waals surface area contributed by atoms with Crippen molar-refractivity contribution in [3.8, 4) is 17.2 Å². The topological polar surface area (TPSA) is 43.4 Å². The Morgan fingerprint density at radius 3 is 2.38 bits per heavy atom. The lowest BCUT2D eigenvalue weighted by Crippen LogP contribution is -2.45. The molecule has 6 nitrogen and oxygen atoms in total. The summed E-state index contributed by atoms with van der Waals surface area (Å²) in [6.45, 7) is 10.6. The molecule has 0 atom stereocenters. The van der Waals surface area contributed by atoms with E-state index in [1.807, 2.05) is 31.2 Å². The smallest absolute Gasteiger partial charge is 0.129 e. The summed E-state index contributed by atoms with van der Waals surface area (Å²) in [5.41, 5.74) is 5.30. The quantitative estimate of drug-likeness (QED) is 0.652. The van der Waals surface area contributed by atoms with Gasteiger partial charge in [0.2, 0.25) is 0 Å². The van der Waals surface area contributed by atoms with Crippen LogP contribution in [0.5, 0.6) is 17.2 Å². The van der Waals surface area contributed by atoms with Crippen molar-refractivity contribution in [2.75, 3.05) is 60.6 Å². The highest BCUT2D eigenvalue weighted by molar-refractivity contribution is 5.89. The van der Waals surface area contributed by atoms with Gasteiger partial charge >= 0.3 is 0 Å². The molecule has 0 spiro atoms. The van der Waals surface area contributed by atoms with Crippen LogP contribution >= 0.6 is 0 Å². The van der Waals surface area contributed by atoms with Gasteiger partial charge in [-0.1, -0.05) is 18.2 Å². The molecule has 0 aliphatic carbocycles. The third kappa shape index (κ3) is 4.43. The van der Waals surface area contributed by atoms with E-state index in [-0.39, 0.29) is 0 Å². The minimum absolute atomic E-state index is 0.477. The number of likely N-dealkylation sites (N-methyl/N-ethyl adjacent to an activating group) is 1. The van der Waals surface area contributed by atoms with E-state index in [1.165, 1.54) is 0 Å². The SMILES string of the molecule is COc1cc(OC)c2c(c1C)C(c1ccccc1OCCN1CCN(C)CC1)=C(C)OC2. The van der Waals surface area contributed by atoms with Crippen LogP contribution in [0.4, 0.5) is 0 Å². The van der Waals surface area contributed by atoms with Gasteiger partial charge in [0.25, 0.3) is 0 Å². The lowest BCUT2D eigenvalue weighted by atomic mass is 9.87. The first kappa shape index (κ1) is 22.5. The maximum absolute atomic E-state index is 6.33. The minimum Gasteiger partial charge on any atom is -0.496 e. The van der Waals surface area contributed by atoms with Gasteiger partial charge in [-0.05, 0) is 32.5 Å². The Kier molecular flexibility index (Phi) is 6.92. The Labute approximate surface area is 191 Å². The fourth-order valence-electron chi connectivity index (χ4n) is 4.57. The van der Waals surface area contributed by atoms with E-state index in [0.29, 0.717) is 13.2 Å². The molecule has 2 aliphatic rings. The third-order valence-electron chi connectivity index (χ3n) is 6.50. The lowest BCUT2D eigenvalue weighted by molar-refractivity contribution is 0.133. The largest absolute Gasteiger partial charge is 0.496 e. The second-order valence-corrected chi connectivity index (χ2v) is 8.47. The van der Waals surface area contributed by atoms with Crippen molar-refractivity contribution in [2.24, 2.45) is 0 Å². The monoisotopic (exact) mass is 438 g/mol. The molecule has 2 aromatic carbocycles. The molecular formula is C26H34N2O4. The highest BCUT2D eigenvalue weighted by atomic mass is 16.5. The third-order valence-corrected chi connectivity index (χ3v) is 6.50. The minimum atomic E-state index is 0.477. The summed E-state index contributed by atoms with van der Waals surface area (Å²) in [6, 6.07) is 10.2. The van der Waals surface area contributed by atoms with Gasteiger partial charge in [-0.15, -0.1) is 0 Å². The van der Waals surface area contributed by atoms with Crippen molar-refractivity contribution in [3.63, 3.8) is 0 Å². The number of hydrogen-bond acceptors (Lipinski definition) is 6. The molecule has 2 heterocycles. The fourth-order valence-corrected chi connectivity index (χ4v) is 4.57. The number of hydrogen-bond donors (Lipinski definition) is 0. The van der Waals surface area contributed by atoms with Gasteiger partial charge in [-0.3, -0.25) is 4.90 Å². The van der Waals surface area contributed by atoms with Crippen molar-refractivity contribution >= 4 is 5.57 Å². The summed E-state index contributed by atoms with van der Waals surface area (Å²) in [4.78, 5) is 4.83. The van der Waals surface area contributed by atoms with E-state index in [9.17, 15) is 0 Å². The highest BCUT2D eigenvalue weighted by Gasteiger charge is 2.28. The van der Waals surface area contributed by atoms with Crippen LogP contribution in [0.3, 0.4) is 0 Å². The van der Waals surface area contributed by atoms with Crippen LogP contribution in [0.25, 0.3) is 5.57 Å². The standard InChI is InChI=1S/C26H34N2O4/c1-18-23(29-4)16-24(30-5)21-17-32-19(2)26(25(18)21)20-8-6-7-9-22(20)31-15-14-28-12-10-27(3)11-13-28/h6-9,16H,10-15,17H2,1-5H3. The molecule has 0 bridgehead atoms. The first-order chi connectivity index (χ1) is 15.5. The van der Waals surface area contributed by atoms with E-state index in [0.717, 1.165) is 83.6 Å². The van der Waals surface area contributed by atoms with Crippen LogP contribution < -0.4 is 14.2 Å². The van der Waals surface area contributed by atoms with Crippen LogP contribution in [-0.2, 0) is 11.3 Å². The average Bonchev–Trinajstić information content (AvgIpc) is 2.81. The number of ether oxygens (including phenoxy) is 4. The number of fused-ring (bicyclic) bond motifs is 1. The zero-order chi connectivity index (χ0) is 22.7. The Hall–Kier alpha value is -2.70. The van der Waals surface area contributed by atoms with E-state index >= 15 is 0 Å². The molecule has 32 heavy (non-hydrogen) atoms. The van der Waals surface area contributed by atoms with E-state index in [4.69, 9.17) is 18.9 Å². The molecule has 0 aromatic heterocycles. The van der Waals surface area contributed by atoms with Gasteiger partial charge in [0.1, 0.15) is 36.2 Å². The van der Waals surface area contributed by atoms with Crippen molar-refractivity contribution < 1.29 is 18.9 Å². The van der Waals surface area contributed by atoms with E-state index in [2.05, 4.69) is 29.8 Å². The maximum Gasteiger partial charge on any atom is 0.129 e. The Morgan fingerprint density at radius 2 is 1.66 bits per heavy atom. The van der Waals surface area contributed by atoms with Crippen molar-refractivity contribution in [3.05, 3.63) is 58.3 Å². The number of allylic oxidation sites excluding steroid dienone is 1. The van der Waals surface area contributed by atoms with Crippen molar-refractivity contribution in [1.82, 2.24) is 9.80 Å². The molecule has 0 unspecified atom stereocenters. The number of methoxy groups -OCH3 is 2. The average molecular weight is 439 g/mol. The summed E-state index contributed by atoms with van der Waals surface area (Å²) in [5.74, 6) is 3.34. The summed E-state index contributed by atoms with van der Waals surface area (Å²) in [7, 11) is 5.56. The summed E-state index contributed by atoms with van der Waals surface area (Å²) in [5, 5.41) is 0. The van der Waals surface area contributed by atoms with Crippen LogP contribution in [0.1, 0.15) is 29.2 Å². The molecule has 0 N–H and O–H groups in total. The molecule has 0 amide bonds. The van der Waals surface area contributed by atoms with E-state index in [1.54, 1.807) is 14.2 Å². The van der Waals surface area contributed by atoms with Crippen LogP contribution in [0, 0.1) is 6.92 Å². The Morgan fingerprint density at radius 1 is 0.938 bits per heavy atom. The summed E-state index contributed by atoms with van der Waals surface area (Å²) >= 11 is 0. The summed E-state index contributed by atoms with van der Waals surface area (Å²) in [6.07, 6.45) is 0. The first-order valence-corrected chi connectivity index (χ1v) is 11.2. The van der Waals surface area contributed by atoms with Gasteiger partial charge in [0.15, 0.2) is 0 Å². The zero-order valence-electron chi connectivity index (χ0n) is 19.9. The molecular weight excluding hydrogens is 404 g/mol. The van der Waals surface area contributed by atoms with E-state index < -0.39 is 0 Å². The second-order valence-electron chi connectivity index (χ2n) is 8.47. The Balaban J connectivity index is 1.65. The number of nitrogens with zero attached hydrogens (tertiary/aromatic N) is 2. The number of rotatable bonds is 7. The van der Waals surface area contributed by atoms with Gasteiger partial charge in [-0.25, -0.2) is 0 Å². The van der Waals surface area contributed by atoms with Crippen LogP contribution in [-0.4, -0.2) is 70.4 Å². The molecule has 172 valence electrons. The molecule has 6 heteroatoms. The molecule has 0 saturated carbocycles. The molecule has 2 aromatic rings. The van der Waals surface area contributed by atoms with Crippen molar-refractivity contribution in [2.45, 2.75) is 20.5 Å². The Bertz CT molecular complexity index is 994. The van der Waals surface area contributed by atoms with Gasteiger partial charge in [-0.2, -0.15) is 0 Å². The molecule has 4 rings (SSSR count). The number of para-hydroxylation sites is 1. The predicted molar refractivity (Wildman–Crippen MR) is 127 cm³/mol. The van der Waals surface area contributed by atoms with Gasteiger partial charge in [0.05, 0.1) is 14.2 Å². The zero-order valence-corrected chi connectivity index (χ0v) is 19.9.